The van der Waals surface area contributed by atoms with E-state index in [9.17, 15) is 14.8 Å². The number of aryl methyl sites for hydroxylation is 2. The van der Waals surface area contributed by atoms with E-state index in [2.05, 4.69) is 11.1 Å². The summed E-state index contributed by atoms with van der Waals surface area (Å²) in [7, 11) is 0. The molecule has 0 radical (unpaired) electrons. The Morgan fingerprint density at radius 2 is 1.97 bits per heavy atom. The van der Waals surface area contributed by atoms with Crippen LogP contribution in [0.4, 0.5) is 10.1 Å². The number of benzene rings is 3. The van der Waals surface area contributed by atoms with Crippen molar-refractivity contribution in [3.8, 4) is 17.6 Å². The van der Waals surface area contributed by atoms with Gasteiger partial charge in [0.1, 0.15) is 29.0 Å². The Kier molecular flexibility index (Phi) is 5.18. The van der Waals surface area contributed by atoms with Crippen LogP contribution in [-0.4, -0.2) is 11.3 Å². The van der Waals surface area contributed by atoms with E-state index in [1.807, 2.05) is 32.0 Å². The molecule has 0 saturated carbocycles. The van der Waals surface area contributed by atoms with Gasteiger partial charge in [-0.2, -0.15) is 5.26 Å². The van der Waals surface area contributed by atoms with Crippen molar-refractivity contribution in [1.82, 2.24) is 0 Å². The molecule has 0 aromatic heterocycles. The molecule has 4 rings (SSSR count). The zero-order chi connectivity index (χ0) is 22.1. The van der Waals surface area contributed by atoms with Crippen LogP contribution in [0.15, 0.2) is 71.0 Å². The second-order valence-corrected chi connectivity index (χ2v) is 7.48. The van der Waals surface area contributed by atoms with Gasteiger partial charge in [-0.25, -0.2) is 4.39 Å². The van der Waals surface area contributed by atoms with Gasteiger partial charge in [-0.05, 0) is 49.2 Å². The van der Waals surface area contributed by atoms with Gasteiger partial charge in [0.2, 0.25) is 5.88 Å². The Bertz CT molecular complexity index is 1290. The van der Waals surface area contributed by atoms with Gasteiger partial charge in [0, 0.05) is 23.4 Å². The van der Waals surface area contributed by atoms with E-state index in [0.717, 1.165) is 16.8 Å². The van der Waals surface area contributed by atoms with Crippen molar-refractivity contribution in [2.24, 2.45) is 10.7 Å². The number of aromatic hydroxyl groups is 1. The lowest BCUT2D eigenvalue weighted by Crippen LogP contribution is -2.21. The van der Waals surface area contributed by atoms with Gasteiger partial charge in [0.25, 0.3) is 0 Å². The van der Waals surface area contributed by atoms with E-state index < -0.39 is 11.7 Å². The highest BCUT2D eigenvalue weighted by molar-refractivity contribution is 5.87. The number of nitriles is 1. The van der Waals surface area contributed by atoms with Crippen LogP contribution >= 0.6 is 0 Å². The smallest absolute Gasteiger partial charge is 0.205 e. The fourth-order valence-electron chi connectivity index (χ4n) is 3.73. The van der Waals surface area contributed by atoms with E-state index in [0.29, 0.717) is 22.4 Å². The fraction of sp³-hybridized carbons (Fsp3) is 0.120. The highest BCUT2D eigenvalue weighted by Crippen LogP contribution is 2.44. The van der Waals surface area contributed by atoms with Crippen molar-refractivity contribution in [3.05, 3.63) is 99.7 Å². The Hall–Kier alpha value is -4.11. The van der Waals surface area contributed by atoms with Crippen LogP contribution in [0.1, 0.15) is 33.7 Å². The molecule has 1 aliphatic heterocycles. The number of nitrogens with two attached hydrogens (primary N) is 1. The minimum absolute atomic E-state index is 0.0431. The number of phenols is 1. The summed E-state index contributed by atoms with van der Waals surface area (Å²) in [6, 6.07) is 17.1. The maximum Gasteiger partial charge on any atom is 0.205 e. The molecular formula is C25H20FN3O2. The fourth-order valence-corrected chi connectivity index (χ4v) is 3.73. The standard InChI is InChI=1S/C25H20FN3O2/c1-14-6-7-21(15(2)8-14)29-13-17-10-19-23(11-22(17)30)31-25(28)20(12-27)24(19)16-4-3-5-18(26)9-16/h3-11,13,24,30H,28H2,1-2H3. The molecule has 1 unspecified atom stereocenters. The number of phenolic OH excluding ortho intramolecular Hbond substituents is 1. The van der Waals surface area contributed by atoms with Crippen LogP contribution in [0.2, 0.25) is 0 Å². The molecule has 0 amide bonds. The summed E-state index contributed by atoms with van der Waals surface area (Å²) in [5.41, 5.74) is 10.7. The maximum absolute atomic E-state index is 13.9. The number of allylic oxidation sites excluding steroid dienone is 1. The molecule has 31 heavy (non-hydrogen) atoms. The zero-order valence-corrected chi connectivity index (χ0v) is 17.1. The molecule has 1 atom stereocenters. The third kappa shape index (κ3) is 3.86. The van der Waals surface area contributed by atoms with Gasteiger partial charge in [0.15, 0.2) is 0 Å². The number of halogens is 1. The van der Waals surface area contributed by atoms with Gasteiger partial charge in [0.05, 0.1) is 11.6 Å². The molecule has 0 fully saturated rings. The third-order valence-corrected chi connectivity index (χ3v) is 5.24. The zero-order valence-electron chi connectivity index (χ0n) is 17.1. The molecule has 1 heterocycles. The quantitative estimate of drug-likeness (QED) is 0.583. The second kappa shape index (κ2) is 7.96. The lowest BCUT2D eigenvalue weighted by molar-refractivity contribution is 0.388. The molecule has 154 valence electrons. The van der Waals surface area contributed by atoms with Gasteiger partial charge in [-0.1, -0.05) is 29.8 Å². The SMILES string of the molecule is Cc1ccc(N=Cc2cc3c(cc2O)OC(N)=C(C#N)C3c2cccc(F)c2)c(C)c1. The Morgan fingerprint density at radius 1 is 1.16 bits per heavy atom. The van der Waals surface area contributed by atoms with Gasteiger partial charge >= 0.3 is 0 Å². The van der Waals surface area contributed by atoms with E-state index in [-0.39, 0.29) is 17.2 Å². The minimum Gasteiger partial charge on any atom is -0.507 e. The van der Waals surface area contributed by atoms with Crippen molar-refractivity contribution >= 4 is 11.9 Å². The average Bonchev–Trinajstić information content (AvgIpc) is 2.72. The largest absolute Gasteiger partial charge is 0.507 e. The number of fused-ring (bicyclic) bond motifs is 1. The number of hydrogen-bond acceptors (Lipinski definition) is 5. The van der Waals surface area contributed by atoms with Gasteiger partial charge in [-0.15, -0.1) is 0 Å². The lowest BCUT2D eigenvalue weighted by Gasteiger charge is -2.27. The molecule has 1 aliphatic rings. The Balaban J connectivity index is 1.83. The van der Waals surface area contributed by atoms with Crippen molar-refractivity contribution in [2.45, 2.75) is 19.8 Å². The first-order valence-electron chi connectivity index (χ1n) is 9.68. The predicted molar refractivity (Wildman–Crippen MR) is 117 cm³/mol. The molecule has 0 bridgehead atoms. The first-order valence-corrected chi connectivity index (χ1v) is 9.68. The molecule has 3 aromatic rings. The first-order chi connectivity index (χ1) is 14.9. The van der Waals surface area contributed by atoms with Crippen LogP contribution in [0.3, 0.4) is 0 Å². The number of ether oxygens (including phenoxy) is 1. The molecule has 0 spiro atoms. The number of nitrogens with zero attached hydrogens (tertiary/aromatic N) is 2. The Morgan fingerprint density at radius 3 is 2.68 bits per heavy atom. The van der Waals surface area contributed by atoms with Crippen LogP contribution in [0, 0.1) is 31.0 Å². The highest BCUT2D eigenvalue weighted by Gasteiger charge is 2.31. The van der Waals surface area contributed by atoms with Crippen molar-refractivity contribution in [2.75, 3.05) is 0 Å². The second-order valence-electron chi connectivity index (χ2n) is 7.48. The Labute approximate surface area is 179 Å². The normalized spacial score (nSPS) is 15.5. The summed E-state index contributed by atoms with van der Waals surface area (Å²) in [6.45, 7) is 3.97. The summed E-state index contributed by atoms with van der Waals surface area (Å²) in [5.74, 6) is -0.846. The molecule has 3 N–H and O–H groups in total. The van der Waals surface area contributed by atoms with Crippen molar-refractivity contribution < 1.29 is 14.2 Å². The van der Waals surface area contributed by atoms with Crippen LogP contribution in [-0.2, 0) is 0 Å². The summed E-state index contributed by atoms with van der Waals surface area (Å²) in [5, 5.41) is 20.2. The lowest BCUT2D eigenvalue weighted by atomic mass is 9.83. The molecule has 6 heteroatoms. The van der Waals surface area contributed by atoms with E-state index in [1.165, 1.54) is 18.2 Å². The molecule has 5 nitrogen and oxygen atoms in total. The van der Waals surface area contributed by atoms with Crippen molar-refractivity contribution in [1.29, 1.82) is 5.26 Å². The van der Waals surface area contributed by atoms with Gasteiger partial charge < -0.3 is 15.6 Å². The van der Waals surface area contributed by atoms with E-state index in [1.54, 1.807) is 24.4 Å². The van der Waals surface area contributed by atoms with E-state index >= 15 is 0 Å². The molecule has 0 aliphatic carbocycles. The number of hydrogen-bond donors (Lipinski definition) is 2. The monoisotopic (exact) mass is 413 g/mol. The summed E-state index contributed by atoms with van der Waals surface area (Å²) < 4.78 is 19.5. The average molecular weight is 413 g/mol. The third-order valence-electron chi connectivity index (χ3n) is 5.24. The number of rotatable bonds is 3. The maximum atomic E-state index is 13.9. The molecule has 0 saturated heterocycles. The highest BCUT2D eigenvalue weighted by atomic mass is 19.1. The topological polar surface area (TPSA) is 91.6 Å². The summed E-state index contributed by atoms with van der Waals surface area (Å²) >= 11 is 0. The van der Waals surface area contributed by atoms with E-state index in [4.69, 9.17) is 10.5 Å². The summed E-state index contributed by atoms with van der Waals surface area (Å²) in [6.07, 6.45) is 1.56. The molecule has 3 aromatic carbocycles. The predicted octanol–water partition coefficient (Wildman–Crippen LogP) is 5.12. The van der Waals surface area contributed by atoms with Crippen LogP contribution < -0.4 is 10.5 Å². The van der Waals surface area contributed by atoms with Gasteiger partial charge in [-0.3, -0.25) is 4.99 Å². The van der Waals surface area contributed by atoms with Crippen LogP contribution in [0.25, 0.3) is 0 Å². The number of aliphatic imine (C=N–C) groups is 1. The van der Waals surface area contributed by atoms with Crippen molar-refractivity contribution in [3.63, 3.8) is 0 Å². The van der Waals surface area contributed by atoms with Crippen LogP contribution in [0.5, 0.6) is 11.5 Å². The minimum atomic E-state index is -0.627. The first kappa shape index (κ1) is 20.2. The summed E-state index contributed by atoms with van der Waals surface area (Å²) in [4.78, 5) is 4.51. The molecular weight excluding hydrogens is 393 g/mol.